The van der Waals surface area contributed by atoms with E-state index in [9.17, 15) is 4.79 Å². The second kappa shape index (κ2) is 7.18. The van der Waals surface area contributed by atoms with Gasteiger partial charge in [-0.2, -0.15) is 4.98 Å². The lowest BCUT2D eigenvalue weighted by Gasteiger charge is -2.31. The van der Waals surface area contributed by atoms with Crippen molar-refractivity contribution >= 4 is 17.5 Å². The van der Waals surface area contributed by atoms with Crippen molar-refractivity contribution in [2.24, 2.45) is 5.92 Å². The maximum Gasteiger partial charge on any atom is 0.229 e. The van der Waals surface area contributed by atoms with Crippen molar-refractivity contribution in [2.75, 3.05) is 19.6 Å². The molecule has 128 valence electrons. The maximum absolute atomic E-state index is 12.0. The van der Waals surface area contributed by atoms with E-state index in [4.69, 9.17) is 16.1 Å². The largest absolute Gasteiger partial charge is 0.342 e. The summed E-state index contributed by atoms with van der Waals surface area (Å²) >= 11 is 6.15. The Bertz CT molecular complexity index is 540. The van der Waals surface area contributed by atoms with Gasteiger partial charge in [-0.05, 0) is 32.2 Å². The molecule has 2 atom stereocenters. The van der Waals surface area contributed by atoms with Gasteiger partial charge in [0.05, 0.1) is 5.50 Å². The number of piperidine rings is 2. The number of alkyl halides is 1. The van der Waals surface area contributed by atoms with Crippen LogP contribution in [0.5, 0.6) is 0 Å². The third-order valence-electron chi connectivity index (χ3n) is 4.82. The Balaban J connectivity index is 1.58. The molecule has 6 nitrogen and oxygen atoms in total. The fourth-order valence-corrected chi connectivity index (χ4v) is 3.72. The number of aromatic nitrogens is 2. The van der Waals surface area contributed by atoms with Crippen LogP contribution in [0.1, 0.15) is 63.1 Å². The molecule has 0 saturated carbocycles. The Morgan fingerprint density at radius 2 is 2.04 bits per heavy atom. The molecule has 2 aliphatic heterocycles. The van der Waals surface area contributed by atoms with Gasteiger partial charge in [-0.25, -0.2) is 0 Å². The van der Waals surface area contributed by atoms with Gasteiger partial charge in [-0.3, -0.25) is 4.79 Å². The lowest BCUT2D eigenvalue weighted by molar-refractivity contribution is -0.135. The molecule has 23 heavy (non-hydrogen) atoms. The van der Waals surface area contributed by atoms with Crippen LogP contribution in [0.3, 0.4) is 0 Å². The molecule has 1 aromatic heterocycles. The Labute approximate surface area is 141 Å². The molecule has 3 rings (SSSR count). The van der Waals surface area contributed by atoms with Crippen LogP contribution in [0, 0.1) is 5.92 Å². The zero-order chi connectivity index (χ0) is 16.4. The predicted molar refractivity (Wildman–Crippen MR) is 87.3 cm³/mol. The number of carbonyl (C=O) groups is 1. The van der Waals surface area contributed by atoms with Crippen LogP contribution in [0.4, 0.5) is 0 Å². The molecule has 0 aromatic carbocycles. The van der Waals surface area contributed by atoms with Gasteiger partial charge in [-0.1, -0.05) is 19.0 Å². The molecule has 0 radical (unpaired) electrons. The number of halogens is 1. The lowest BCUT2D eigenvalue weighted by atomic mass is 9.95. The molecule has 0 bridgehead atoms. The van der Waals surface area contributed by atoms with Gasteiger partial charge in [0.25, 0.3) is 0 Å². The predicted octanol–water partition coefficient (Wildman–Crippen LogP) is 2.46. The number of hydrogen-bond acceptors (Lipinski definition) is 5. The first kappa shape index (κ1) is 16.7. The third-order valence-corrected chi connectivity index (χ3v) is 5.15. The highest BCUT2D eigenvalue weighted by atomic mass is 35.5. The van der Waals surface area contributed by atoms with Crippen LogP contribution in [-0.4, -0.2) is 46.1 Å². The number of nitrogens with one attached hydrogen (secondary N) is 1. The summed E-state index contributed by atoms with van der Waals surface area (Å²) in [6, 6.07) is 0. The van der Waals surface area contributed by atoms with Crippen LogP contribution in [-0.2, 0) is 4.79 Å². The normalized spacial score (nSPS) is 26.7. The second-order valence-electron chi connectivity index (χ2n) is 6.89. The van der Waals surface area contributed by atoms with E-state index in [0.717, 1.165) is 51.1 Å². The van der Waals surface area contributed by atoms with Crippen molar-refractivity contribution in [3.8, 4) is 0 Å². The van der Waals surface area contributed by atoms with Crippen LogP contribution >= 0.6 is 11.6 Å². The van der Waals surface area contributed by atoms with Gasteiger partial charge >= 0.3 is 0 Å². The SMILES string of the molecule is CC(C)C(=O)N1CCC(c2noc(C3CCNC(Cl)C3)n2)CC1. The van der Waals surface area contributed by atoms with Crippen molar-refractivity contribution in [3.05, 3.63) is 11.7 Å². The quantitative estimate of drug-likeness (QED) is 0.676. The summed E-state index contributed by atoms with van der Waals surface area (Å²) in [7, 11) is 0. The zero-order valence-electron chi connectivity index (χ0n) is 13.8. The first-order valence-corrected chi connectivity index (χ1v) is 8.98. The van der Waals surface area contributed by atoms with Crippen molar-refractivity contribution in [1.29, 1.82) is 0 Å². The van der Waals surface area contributed by atoms with E-state index in [0.29, 0.717) is 5.89 Å². The number of carbonyl (C=O) groups excluding carboxylic acids is 1. The molecular weight excluding hydrogens is 316 g/mol. The molecule has 1 aromatic rings. The van der Waals surface area contributed by atoms with Gasteiger partial charge in [-0.15, -0.1) is 11.6 Å². The molecule has 7 heteroatoms. The van der Waals surface area contributed by atoms with E-state index < -0.39 is 0 Å². The van der Waals surface area contributed by atoms with Crippen LogP contribution in [0.15, 0.2) is 4.52 Å². The van der Waals surface area contributed by atoms with Gasteiger partial charge in [0.2, 0.25) is 11.8 Å². The summed E-state index contributed by atoms with van der Waals surface area (Å²) in [6.07, 6.45) is 3.61. The summed E-state index contributed by atoms with van der Waals surface area (Å²) in [5.74, 6) is 2.35. The highest BCUT2D eigenvalue weighted by Crippen LogP contribution is 2.31. The standard InChI is InChI=1S/C16H25ClN4O2/c1-10(2)16(22)21-7-4-11(5-8-21)14-19-15(23-20-14)12-3-6-18-13(17)9-12/h10-13,18H,3-9H2,1-2H3. The molecule has 3 heterocycles. The van der Waals surface area contributed by atoms with Crippen LogP contribution < -0.4 is 5.32 Å². The van der Waals surface area contributed by atoms with Gasteiger partial charge in [0, 0.05) is 30.8 Å². The van der Waals surface area contributed by atoms with E-state index in [1.54, 1.807) is 0 Å². The average molecular weight is 341 g/mol. The van der Waals surface area contributed by atoms with E-state index in [1.807, 2.05) is 18.7 Å². The summed E-state index contributed by atoms with van der Waals surface area (Å²) in [6.45, 7) is 6.34. The lowest BCUT2D eigenvalue weighted by Crippen LogP contribution is -2.40. The van der Waals surface area contributed by atoms with Crippen molar-refractivity contribution < 1.29 is 9.32 Å². The summed E-state index contributed by atoms with van der Waals surface area (Å²) in [5, 5.41) is 7.41. The average Bonchev–Trinajstić information content (AvgIpc) is 3.04. The van der Waals surface area contributed by atoms with Gasteiger partial charge in [0.15, 0.2) is 5.82 Å². The van der Waals surface area contributed by atoms with Crippen molar-refractivity contribution in [2.45, 2.75) is 56.9 Å². The molecular formula is C16H25ClN4O2. The first-order chi connectivity index (χ1) is 11.0. The fraction of sp³-hybridized carbons (Fsp3) is 0.812. The third kappa shape index (κ3) is 3.86. The number of rotatable bonds is 3. The maximum atomic E-state index is 12.0. The number of amides is 1. The molecule has 2 saturated heterocycles. The smallest absolute Gasteiger partial charge is 0.229 e. The number of nitrogens with zero attached hydrogens (tertiary/aromatic N) is 3. The molecule has 1 N–H and O–H groups in total. The minimum Gasteiger partial charge on any atom is -0.342 e. The molecule has 2 fully saturated rings. The molecule has 2 aliphatic rings. The van der Waals surface area contributed by atoms with E-state index >= 15 is 0 Å². The van der Waals surface area contributed by atoms with Gasteiger partial charge in [0.1, 0.15) is 0 Å². The topological polar surface area (TPSA) is 71.3 Å². The Hall–Kier alpha value is -1.14. The summed E-state index contributed by atoms with van der Waals surface area (Å²) < 4.78 is 5.49. The highest BCUT2D eigenvalue weighted by Gasteiger charge is 2.30. The van der Waals surface area contributed by atoms with Crippen molar-refractivity contribution in [3.63, 3.8) is 0 Å². The minimum atomic E-state index is -0.0191. The van der Waals surface area contributed by atoms with Crippen LogP contribution in [0.2, 0.25) is 0 Å². The van der Waals surface area contributed by atoms with Gasteiger partial charge < -0.3 is 14.7 Å². The van der Waals surface area contributed by atoms with Crippen LogP contribution in [0.25, 0.3) is 0 Å². The summed E-state index contributed by atoms with van der Waals surface area (Å²) in [5.41, 5.74) is -0.0191. The van der Waals surface area contributed by atoms with Crippen molar-refractivity contribution in [1.82, 2.24) is 20.4 Å². The Morgan fingerprint density at radius 1 is 1.30 bits per heavy atom. The molecule has 0 aliphatic carbocycles. The number of likely N-dealkylation sites (tertiary alicyclic amines) is 1. The fourth-order valence-electron chi connectivity index (χ4n) is 3.39. The second-order valence-corrected chi connectivity index (χ2v) is 7.41. The van der Waals surface area contributed by atoms with E-state index in [1.165, 1.54) is 0 Å². The monoisotopic (exact) mass is 340 g/mol. The van der Waals surface area contributed by atoms with E-state index in [2.05, 4.69) is 15.5 Å². The molecule has 2 unspecified atom stereocenters. The number of hydrogen-bond donors (Lipinski definition) is 1. The Morgan fingerprint density at radius 3 is 2.70 bits per heavy atom. The molecule has 1 amide bonds. The first-order valence-electron chi connectivity index (χ1n) is 8.54. The minimum absolute atomic E-state index is 0.0191. The Kier molecular flexibility index (Phi) is 5.21. The summed E-state index contributed by atoms with van der Waals surface area (Å²) in [4.78, 5) is 18.6. The van der Waals surface area contributed by atoms with E-state index in [-0.39, 0.29) is 29.2 Å². The zero-order valence-corrected chi connectivity index (χ0v) is 14.6. The highest BCUT2D eigenvalue weighted by molar-refractivity contribution is 6.20. The molecule has 0 spiro atoms.